The van der Waals surface area contributed by atoms with E-state index in [9.17, 15) is 0 Å². The molecule has 9 aromatic rings. The van der Waals surface area contributed by atoms with Gasteiger partial charge < -0.3 is 4.74 Å². The van der Waals surface area contributed by atoms with Crippen LogP contribution in [0.1, 0.15) is 16.7 Å². The van der Waals surface area contributed by atoms with Crippen LogP contribution >= 0.6 is 0 Å². The predicted octanol–water partition coefficient (Wildman–Crippen LogP) is 11.5. The summed E-state index contributed by atoms with van der Waals surface area (Å²) in [5.41, 5.74) is 10.0. The summed E-state index contributed by atoms with van der Waals surface area (Å²) in [7, 11) is 0. The lowest BCUT2D eigenvalue weighted by Gasteiger charge is -2.39. The van der Waals surface area contributed by atoms with Gasteiger partial charge in [-0.2, -0.15) is 0 Å². The summed E-state index contributed by atoms with van der Waals surface area (Å²) in [5, 5.41) is 4.48. The highest BCUT2D eigenvalue weighted by Gasteiger charge is 2.50. The fourth-order valence-corrected chi connectivity index (χ4v) is 8.39. The Morgan fingerprint density at radius 1 is 0.346 bits per heavy atom. The molecule has 0 amide bonds. The number of nitrogens with zero attached hydrogens (tertiary/aromatic N) is 3. The first-order valence-electron chi connectivity index (χ1n) is 17.6. The Hall–Kier alpha value is -6.91. The van der Waals surface area contributed by atoms with E-state index in [0.29, 0.717) is 17.5 Å². The van der Waals surface area contributed by atoms with Crippen LogP contribution in [0.15, 0.2) is 176 Å². The van der Waals surface area contributed by atoms with Crippen molar-refractivity contribution >= 4 is 21.5 Å². The van der Waals surface area contributed by atoms with Gasteiger partial charge >= 0.3 is 0 Å². The molecule has 0 N–H and O–H groups in total. The molecule has 1 aromatic heterocycles. The summed E-state index contributed by atoms with van der Waals surface area (Å²) in [6.07, 6.45) is 0. The molecule has 0 unspecified atom stereocenters. The molecule has 0 saturated heterocycles. The van der Waals surface area contributed by atoms with Gasteiger partial charge in [0.05, 0.1) is 0 Å². The van der Waals surface area contributed by atoms with E-state index in [1.54, 1.807) is 0 Å². The maximum absolute atomic E-state index is 7.20. The monoisotopic (exact) mass is 663 g/mol. The quantitative estimate of drug-likeness (QED) is 0.189. The van der Waals surface area contributed by atoms with E-state index in [1.165, 1.54) is 11.1 Å². The van der Waals surface area contributed by atoms with Crippen molar-refractivity contribution in [2.45, 2.75) is 5.60 Å². The largest absolute Gasteiger partial charge is 0.472 e. The average Bonchev–Trinajstić information content (AvgIpc) is 3.49. The second kappa shape index (κ2) is 11.0. The Balaban J connectivity index is 1.18. The maximum Gasteiger partial charge on any atom is 0.186 e. The van der Waals surface area contributed by atoms with E-state index in [-0.39, 0.29) is 0 Å². The number of hydrogen-bond donors (Lipinski definition) is 0. The highest BCUT2D eigenvalue weighted by molar-refractivity contribution is 5.98. The van der Waals surface area contributed by atoms with E-state index in [1.807, 2.05) is 6.07 Å². The summed E-state index contributed by atoms with van der Waals surface area (Å²) in [6, 6.07) is 61.6. The van der Waals surface area contributed by atoms with Gasteiger partial charge in [0.25, 0.3) is 0 Å². The Labute approximate surface area is 300 Å². The standard InChI is InChI=1S/C48H29N3O/c1-3-17-33-30(13-1)15-11-22-38(33)46-49-45(50-47(51-46)39-23-12-16-31-14-2-4-18-34(31)39)32-27-28-43-40(29-32)37-21-7-10-26-44(37)52-48(43)41-24-8-5-19-35(41)36-20-6-9-25-42(36)48/h1-29H. The second-order valence-electron chi connectivity index (χ2n) is 13.5. The van der Waals surface area contributed by atoms with E-state index in [0.717, 1.165) is 71.8 Å². The highest BCUT2D eigenvalue weighted by Crippen LogP contribution is 2.58. The molecule has 0 saturated carbocycles. The van der Waals surface area contributed by atoms with Gasteiger partial charge in [-0.25, -0.2) is 15.0 Å². The fraction of sp³-hybridized carbons (Fsp3) is 0.0208. The molecule has 52 heavy (non-hydrogen) atoms. The molecule has 1 spiro atoms. The summed E-state index contributed by atoms with van der Waals surface area (Å²) in [4.78, 5) is 15.7. The highest BCUT2D eigenvalue weighted by atomic mass is 16.5. The summed E-state index contributed by atoms with van der Waals surface area (Å²) < 4.78 is 7.20. The van der Waals surface area contributed by atoms with Gasteiger partial charge in [0.15, 0.2) is 23.1 Å². The first kappa shape index (κ1) is 28.9. The number of aromatic nitrogens is 3. The van der Waals surface area contributed by atoms with Crippen LogP contribution < -0.4 is 4.74 Å². The van der Waals surface area contributed by atoms with Crippen LogP contribution in [0.2, 0.25) is 0 Å². The topological polar surface area (TPSA) is 47.9 Å². The van der Waals surface area contributed by atoms with Crippen LogP contribution in [-0.4, -0.2) is 15.0 Å². The van der Waals surface area contributed by atoms with Crippen molar-refractivity contribution in [3.05, 3.63) is 193 Å². The zero-order valence-electron chi connectivity index (χ0n) is 28.0. The average molecular weight is 664 g/mol. The molecule has 0 atom stereocenters. The van der Waals surface area contributed by atoms with E-state index < -0.39 is 5.60 Å². The second-order valence-corrected chi connectivity index (χ2v) is 13.5. The van der Waals surface area contributed by atoms with E-state index in [4.69, 9.17) is 19.7 Å². The van der Waals surface area contributed by atoms with Crippen LogP contribution in [0.25, 0.3) is 78.0 Å². The first-order valence-corrected chi connectivity index (χ1v) is 17.6. The minimum Gasteiger partial charge on any atom is -0.472 e. The predicted molar refractivity (Wildman–Crippen MR) is 209 cm³/mol. The fourth-order valence-electron chi connectivity index (χ4n) is 8.39. The number of benzene rings is 8. The Morgan fingerprint density at radius 2 is 0.808 bits per heavy atom. The van der Waals surface area contributed by atoms with Gasteiger partial charge in [0, 0.05) is 38.9 Å². The van der Waals surface area contributed by atoms with Crippen LogP contribution in [0.3, 0.4) is 0 Å². The van der Waals surface area contributed by atoms with Gasteiger partial charge in [-0.15, -0.1) is 0 Å². The molecule has 0 bridgehead atoms. The zero-order chi connectivity index (χ0) is 34.2. The number of ether oxygens (including phenoxy) is 1. The van der Waals surface area contributed by atoms with Gasteiger partial charge in [-0.05, 0) is 50.4 Å². The van der Waals surface area contributed by atoms with Gasteiger partial charge in [0.2, 0.25) is 0 Å². The van der Waals surface area contributed by atoms with Crippen LogP contribution in [-0.2, 0) is 5.60 Å². The maximum atomic E-state index is 7.20. The molecule has 2 aliphatic rings. The Kier molecular flexibility index (Phi) is 6.13. The number of rotatable bonds is 3. The van der Waals surface area contributed by atoms with Crippen molar-refractivity contribution in [3.8, 4) is 62.2 Å². The van der Waals surface area contributed by atoms with Gasteiger partial charge in [0.1, 0.15) is 5.75 Å². The Morgan fingerprint density at radius 3 is 1.44 bits per heavy atom. The molecule has 11 rings (SSSR count). The summed E-state index contributed by atoms with van der Waals surface area (Å²) in [6.45, 7) is 0. The third-order valence-corrected chi connectivity index (χ3v) is 10.7. The third-order valence-electron chi connectivity index (χ3n) is 10.7. The van der Waals surface area contributed by atoms with Crippen molar-refractivity contribution in [2.24, 2.45) is 0 Å². The minimum absolute atomic E-state index is 0.619. The lowest BCUT2D eigenvalue weighted by Crippen LogP contribution is -2.36. The molecule has 4 nitrogen and oxygen atoms in total. The SMILES string of the molecule is c1ccc2c(c1)OC1(c3ccc(-c4nc(-c5cccc6ccccc56)nc(-c5cccc6ccccc56)n4)cc3-2)c2ccccc2-c2ccccc21. The van der Waals surface area contributed by atoms with Crippen molar-refractivity contribution in [1.82, 2.24) is 15.0 Å². The molecule has 0 fully saturated rings. The number of fused-ring (bicyclic) bond motifs is 11. The van der Waals surface area contributed by atoms with Crippen molar-refractivity contribution in [2.75, 3.05) is 0 Å². The summed E-state index contributed by atoms with van der Waals surface area (Å²) >= 11 is 0. The lowest BCUT2D eigenvalue weighted by molar-refractivity contribution is 0.157. The normalized spacial score (nSPS) is 13.3. The van der Waals surface area contributed by atoms with Gasteiger partial charge in [-0.1, -0.05) is 164 Å². The molecule has 242 valence electrons. The van der Waals surface area contributed by atoms with Gasteiger partial charge in [-0.3, -0.25) is 0 Å². The minimum atomic E-state index is -0.795. The zero-order valence-corrected chi connectivity index (χ0v) is 28.0. The molecular formula is C48H29N3O. The first-order chi connectivity index (χ1) is 25.8. The molecule has 4 heteroatoms. The molecular weight excluding hydrogens is 635 g/mol. The number of para-hydroxylation sites is 1. The van der Waals surface area contributed by atoms with Crippen molar-refractivity contribution in [1.29, 1.82) is 0 Å². The lowest BCUT2D eigenvalue weighted by atomic mass is 9.77. The molecule has 8 aromatic carbocycles. The van der Waals surface area contributed by atoms with Crippen LogP contribution in [0, 0.1) is 0 Å². The molecule has 0 radical (unpaired) electrons. The van der Waals surface area contributed by atoms with Crippen LogP contribution in [0.5, 0.6) is 5.75 Å². The van der Waals surface area contributed by atoms with E-state index in [2.05, 4.69) is 170 Å². The summed E-state index contributed by atoms with van der Waals surface area (Å²) in [5.74, 6) is 2.75. The number of hydrogen-bond acceptors (Lipinski definition) is 4. The third kappa shape index (κ3) is 4.12. The molecule has 2 heterocycles. The molecule has 1 aliphatic heterocycles. The molecule has 1 aliphatic carbocycles. The van der Waals surface area contributed by atoms with Crippen molar-refractivity contribution in [3.63, 3.8) is 0 Å². The van der Waals surface area contributed by atoms with Crippen molar-refractivity contribution < 1.29 is 4.74 Å². The van der Waals surface area contributed by atoms with Crippen LogP contribution in [0.4, 0.5) is 0 Å². The van der Waals surface area contributed by atoms with E-state index >= 15 is 0 Å². The smallest absolute Gasteiger partial charge is 0.186 e. The Bertz CT molecular complexity index is 2760.